The molecule has 0 saturated carbocycles. The van der Waals surface area contributed by atoms with Gasteiger partial charge in [0.05, 0.1) is 12.2 Å². The van der Waals surface area contributed by atoms with Gasteiger partial charge in [0.25, 0.3) is 0 Å². The van der Waals surface area contributed by atoms with Crippen LogP contribution in [0.1, 0.15) is 36.4 Å². The highest BCUT2D eigenvalue weighted by Crippen LogP contribution is 2.20. The van der Waals surface area contributed by atoms with Crippen molar-refractivity contribution in [1.29, 1.82) is 0 Å². The SMILES string of the molecule is C=Cc1cc(N(CC)CC)ccc1C=NCc1cccc(C)n1. The van der Waals surface area contributed by atoms with Crippen LogP contribution in [0, 0.1) is 6.92 Å². The fourth-order valence-corrected chi connectivity index (χ4v) is 2.57. The lowest BCUT2D eigenvalue weighted by Crippen LogP contribution is -2.21. The summed E-state index contributed by atoms with van der Waals surface area (Å²) in [5.41, 5.74) is 5.43. The van der Waals surface area contributed by atoms with E-state index in [-0.39, 0.29) is 0 Å². The van der Waals surface area contributed by atoms with Crippen LogP contribution in [0.5, 0.6) is 0 Å². The Bertz CT molecular complexity index is 685. The molecule has 3 nitrogen and oxygen atoms in total. The van der Waals surface area contributed by atoms with Gasteiger partial charge in [-0.2, -0.15) is 0 Å². The summed E-state index contributed by atoms with van der Waals surface area (Å²) in [5.74, 6) is 0. The van der Waals surface area contributed by atoms with Gasteiger partial charge in [0.2, 0.25) is 0 Å². The average Bonchev–Trinajstić information content (AvgIpc) is 2.57. The van der Waals surface area contributed by atoms with E-state index in [1.165, 1.54) is 5.69 Å². The highest BCUT2D eigenvalue weighted by atomic mass is 15.1. The molecule has 23 heavy (non-hydrogen) atoms. The molecule has 0 fully saturated rings. The summed E-state index contributed by atoms with van der Waals surface area (Å²) in [6.45, 7) is 12.9. The van der Waals surface area contributed by atoms with E-state index in [0.717, 1.165) is 35.6 Å². The minimum absolute atomic E-state index is 0.593. The molecular weight excluding hydrogens is 282 g/mol. The number of hydrogen-bond donors (Lipinski definition) is 0. The van der Waals surface area contributed by atoms with Gasteiger partial charge in [-0.25, -0.2) is 0 Å². The molecule has 0 aliphatic heterocycles. The van der Waals surface area contributed by atoms with Crippen LogP contribution in [0.2, 0.25) is 0 Å². The zero-order valence-corrected chi connectivity index (χ0v) is 14.3. The Morgan fingerprint density at radius 3 is 2.57 bits per heavy atom. The molecule has 0 unspecified atom stereocenters. The monoisotopic (exact) mass is 307 g/mol. The minimum atomic E-state index is 0.593. The summed E-state index contributed by atoms with van der Waals surface area (Å²) in [7, 11) is 0. The molecule has 0 aliphatic rings. The van der Waals surface area contributed by atoms with Gasteiger partial charge in [-0.15, -0.1) is 0 Å². The Morgan fingerprint density at radius 1 is 1.13 bits per heavy atom. The third-order valence-electron chi connectivity index (χ3n) is 3.85. The number of hydrogen-bond acceptors (Lipinski definition) is 3. The van der Waals surface area contributed by atoms with Crippen LogP contribution in [-0.2, 0) is 6.54 Å². The highest BCUT2D eigenvalue weighted by Gasteiger charge is 2.04. The van der Waals surface area contributed by atoms with Gasteiger partial charge >= 0.3 is 0 Å². The summed E-state index contributed by atoms with van der Waals surface area (Å²) in [4.78, 5) is 11.3. The van der Waals surface area contributed by atoms with Gasteiger partial charge in [-0.1, -0.05) is 24.8 Å². The van der Waals surface area contributed by atoms with Crippen LogP contribution >= 0.6 is 0 Å². The first-order valence-electron chi connectivity index (χ1n) is 8.11. The molecule has 1 aromatic carbocycles. The predicted molar refractivity (Wildman–Crippen MR) is 100 cm³/mol. The van der Waals surface area contributed by atoms with Crippen molar-refractivity contribution in [2.75, 3.05) is 18.0 Å². The molecule has 0 amide bonds. The third-order valence-corrected chi connectivity index (χ3v) is 3.85. The second-order valence-corrected chi connectivity index (χ2v) is 5.43. The number of nitrogens with zero attached hydrogens (tertiary/aromatic N) is 3. The Balaban J connectivity index is 2.16. The minimum Gasteiger partial charge on any atom is -0.372 e. The molecule has 0 radical (unpaired) electrons. The number of anilines is 1. The van der Waals surface area contributed by atoms with Gasteiger partial charge in [-0.3, -0.25) is 9.98 Å². The van der Waals surface area contributed by atoms with Gasteiger partial charge in [0.1, 0.15) is 0 Å². The van der Waals surface area contributed by atoms with Crippen molar-refractivity contribution in [2.45, 2.75) is 27.3 Å². The van der Waals surface area contributed by atoms with E-state index in [1.807, 2.05) is 37.4 Å². The lowest BCUT2D eigenvalue weighted by Gasteiger charge is -2.21. The molecule has 0 aliphatic carbocycles. The predicted octanol–water partition coefficient (Wildman–Crippen LogP) is 4.50. The lowest BCUT2D eigenvalue weighted by atomic mass is 10.1. The Kier molecular flexibility index (Phi) is 6.10. The zero-order chi connectivity index (χ0) is 16.7. The van der Waals surface area contributed by atoms with Crippen molar-refractivity contribution in [3.8, 4) is 0 Å². The van der Waals surface area contributed by atoms with Gasteiger partial charge in [0.15, 0.2) is 0 Å². The third kappa shape index (κ3) is 4.52. The molecule has 1 aromatic heterocycles. The van der Waals surface area contributed by atoms with Gasteiger partial charge < -0.3 is 4.90 Å². The number of aliphatic imine (C=N–C) groups is 1. The van der Waals surface area contributed by atoms with Crippen LogP contribution in [0.4, 0.5) is 5.69 Å². The summed E-state index contributed by atoms with van der Waals surface area (Å²) in [6, 6.07) is 12.4. The molecule has 0 atom stereocenters. The molecule has 0 N–H and O–H groups in total. The first kappa shape index (κ1) is 16.9. The maximum Gasteiger partial charge on any atom is 0.0812 e. The van der Waals surface area contributed by atoms with Crippen LogP contribution in [0.15, 0.2) is 48.0 Å². The molecule has 120 valence electrons. The van der Waals surface area contributed by atoms with Crippen LogP contribution in [0.3, 0.4) is 0 Å². The number of aromatic nitrogens is 1. The van der Waals surface area contributed by atoms with Crippen molar-refractivity contribution in [2.24, 2.45) is 4.99 Å². The van der Waals surface area contributed by atoms with E-state index in [4.69, 9.17) is 0 Å². The molecule has 2 rings (SSSR count). The van der Waals surface area contributed by atoms with E-state index in [1.54, 1.807) is 0 Å². The zero-order valence-electron chi connectivity index (χ0n) is 14.3. The molecule has 0 saturated heterocycles. The topological polar surface area (TPSA) is 28.5 Å². The largest absolute Gasteiger partial charge is 0.372 e. The fraction of sp³-hybridized carbons (Fsp3) is 0.300. The van der Waals surface area contributed by atoms with Crippen LogP contribution in [0.25, 0.3) is 6.08 Å². The molecule has 1 heterocycles. The summed E-state index contributed by atoms with van der Waals surface area (Å²) < 4.78 is 0. The van der Waals surface area contributed by atoms with E-state index < -0.39 is 0 Å². The van der Waals surface area contributed by atoms with Crippen LogP contribution in [-0.4, -0.2) is 24.3 Å². The van der Waals surface area contributed by atoms with E-state index in [2.05, 4.69) is 53.5 Å². The summed E-state index contributed by atoms with van der Waals surface area (Å²) in [5, 5.41) is 0. The van der Waals surface area contributed by atoms with Crippen LogP contribution < -0.4 is 4.90 Å². The summed E-state index contributed by atoms with van der Waals surface area (Å²) in [6.07, 6.45) is 3.80. The van der Waals surface area contributed by atoms with Gasteiger partial charge in [-0.05, 0) is 56.2 Å². The van der Waals surface area contributed by atoms with E-state index in [0.29, 0.717) is 6.54 Å². The number of benzene rings is 1. The first-order valence-corrected chi connectivity index (χ1v) is 8.11. The smallest absolute Gasteiger partial charge is 0.0812 e. The Labute approximate surface area is 139 Å². The second kappa shape index (κ2) is 8.28. The van der Waals surface area contributed by atoms with Crippen molar-refractivity contribution in [1.82, 2.24) is 4.98 Å². The average molecular weight is 307 g/mol. The maximum atomic E-state index is 4.53. The fourth-order valence-electron chi connectivity index (χ4n) is 2.57. The molecule has 2 aromatic rings. The highest BCUT2D eigenvalue weighted by molar-refractivity contribution is 5.86. The molecular formula is C20H25N3. The Hall–Kier alpha value is -2.42. The second-order valence-electron chi connectivity index (χ2n) is 5.43. The summed E-state index contributed by atoms with van der Waals surface area (Å²) >= 11 is 0. The maximum absolute atomic E-state index is 4.53. The Morgan fingerprint density at radius 2 is 1.91 bits per heavy atom. The normalized spacial score (nSPS) is 10.9. The number of pyridine rings is 1. The standard InChI is InChI=1S/C20H25N3/c1-5-17-13-20(23(6-2)7-3)12-11-18(17)14-21-15-19-10-8-9-16(4)22-19/h5,8-14H,1,6-7,15H2,2-4H3. The molecule has 3 heteroatoms. The van der Waals surface area contributed by atoms with E-state index in [9.17, 15) is 0 Å². The van der Waals surface area contributed by atoms with E-state index >= 15 is 0 Å². The van der Waals surface area contributed by atoms with Gasteiger partial charge in [0, 0.05) is 30.7 Å². The van der Waals surface area contributed by atoms with Crippen molar-refractivity contribution in [3.63, 3.8) is 0 Å². The lowest BCUT2D eigenvalue weighted by molar-refractivity contribution is 0.866. The number of aryl methyl sites for hydroxylation is 1. The quantitative estimate of drug-likeness (QED) is 0.705. The first-order chi connectivity index (χ1) is 11.2. The molecule has 0 spiro atoms. The van der Waals surface area contributed by atoms with Crippen molar-refractivity contribution < 1.29 is 0 Å². The van der Waals surface area contributed by atoms with Crippen molar-refractivity contribution in [3.05, 3.63) is 65.5 Å². The molecule has 0 bridgehead atoms. The van der Waals surface area contributed by atoms with Crippen molar-refractivity contribution >= 4 is 18.0 Å². The number of rotatable bonds is 7.